The summed E-state index contributed by atoms with van der Waals surface area (Å²) in [5.41, 5.74) is 8.74. The highest BCUT2D eigenvalue weighted by molar-refractivity contribution is 8.00. The Morgan fingerprint density at radius 1 is 1.29 bits per heavy atom. The van der Waals surface area contributed by atoms with E-state index >= 15 is 0 Å². The fourth-order valence-electron chi connectivity index (χ4n) is 3.70. The minimum atomic E-state index is -0.707. The summed E-state index contributed by atoms with van der Waals surface area (Å²) in [5.74, 6) is -1.79. The molecule has 0 saturated carbocycles. The molecular weight excluding hydrogens is 418 g/mol. The number of thioether (sulfide) groups is 1. The number of hydrogen-bond donors (Lipinski definition) is 3. The quantitative estimate of drug-likeness (QED) is 0.329. The first kappa shape index (κ1) is 23.1. The van der Waals surface area contributed by atoms with Crippen LogP contribution in [0.5, 0.6) is 0 Å². The third-order valence-corrected chi connectivity index (χ3v) is 6.63. The maximum atomic E-state index is 13.2. The van der Waals surface area contributed by atoms with Crippen molar-refractivity contribution in [1.29, 1.82) is 0 Å². The Balaban J connectivity index is 2.00. The highest BCUT2D eigenvalue weighted by Crippen LogP contribution is 2.51. The van der Waals surface area contributed by atoms with Gasteiger partial charge in [0.1, 0.15) is 23.1 Å². The van der Waals surface area contributed by atoms with E-state index in [1.165, 1.54) is 23.6 Å². The lowest BCUT2D eigenvalue weighted by atomic mass is 9.85. The number of amides is 2. The summed E-state index contributed by atoms with van der Waals surface area (Å²) in [5, 5.41) is 11.7. The molecule has 0 radical (unpaired) electrons. The number of nitrogens with zero attached hydrogens (tertiary/aromatic N) is 1. The number of rotatable bonds is 7. The van der Waals surface area contributed by atoms with E-state index in [-0.39, 0.29) is 36.2 Å². The number of ether oxygens (including phenoxy) is 1. The van der Waals surface area contributed by atoms with Crippen LogP contribution in [0.1, 0.15) is 37.8 Å². The van der Waals surface area contributed by atoms with Crippen LogP contribution in [0.4, 0.5) is 0 Å². The molecule has 1 unspecified atom stereocenters. The normalized spacial score (nSPS) is 22.4. The number of esters is 1. The van der Waals surface area contributed by atoms with Gasteiger partial charge in [0.05, 0.1) is 12.5 Å². The maximum Gasteiger partial charge on any atom is 0.355 e. The molecule has 0 spiro atoms. The lowest BCUT2D eigenvalue weighted by Crippen LogP contribution is -2.62. The fourth-order valence-corrected chi connectivity index (χ4v) is 5.31. The van der Waals surface area contributed by atoms with E-state index < -0.39 is 29.2 Å². The van der Waals surface area contributed by atoms with Crippen molar-refractivity contribution in [2.24, 2.45) is 5.73 Å². The van der Waals surface area contributed by atoms with Gasteiger partial charge >= 0.3 is 5.97 Å². The molecular formula is C22H27N3O5S. The maximum absolute atomic E-state index is 13.2. The van der Waals surface area contributed by atoms with Crippen LogP contribution in [0.15, 0.2) is 47.2 Å². The molecule has 0 aromatic heterocycles. The number of β-lactam (4-membered cyclic amide) rings is 1. The Hall–Kier alpha value is -2.62. The van der Waals surface area contributed by atoms with Crippen molar-refractivity contribution in [2.75, 3.05) is 13.2 Å². The average molecular weight is 446 g/mol. The number of fused-ring (bicyclic) bond motifs is 1. The Labute approximate surface area is 185 Å². The van der Waals surface area contributed by atoms with Crippen molar-refractivity contribution in [2.45, 2.75) is 44.0 Å². The van der Waals surface area contributed by atoms with E-state index in [9.17, 15) is 19.5 Å². The second kappa shape index (κ2) is 9.67. The molecule has 3 rings (SSSR count). The zero-order valence-electron chi connectivity index (χ0n) is 17.8. The van der Waals surface area contributed by atoms with E-state index in [0.29, 0.717) is 0 Å². The molecule has 1 aromatic carbocycles. The van der Waals surface area contributed by atoms with Gasteiger partial charge in [0.15, 0.2) is 0 Å². The van der Waals surface area contributed by atoms with E-state index in [1.54, 1.807) is 6.08 Å². The van der Waals surface area contributed by atoms with Crippen LogP contribution in [0.25, 0.3) is 0 Å². The summed E-state index contributed by atoms with van der Waals surface area (Å²) < 4.78 is 5.34. The van der Waals surface area contributed by atoms with Crippen LogP contribution < -0.4 is 11.1 Å². The molecule has 2 aliphatic heterocycles. The van der Waals surface area contributed by atoms with E-state index in [1.807, 2.05) is 38.1 Å². The fraction of sp³-hybridized carbons (Fsp3) is 0.409. The van der Waals surface area contributed by atoms with Crippen molar-refractivity contribution >= 4 is 29.5 Å². The molecule has 9 heteroatoms. The molecule has 2 amide bonds. The van der Waals surface area contributed by atoms with Crippen LogP contribution in [0, 0.1) is 0 Å². The molecule has 0 aliphatic carbocycles. The van der Waals surface area contributed by atoms with Gasteiger partial charge in [-0.15, -0.1) is 11.8 Å². The molecule has 8 nitrogen and oxygen atoms in total. The topological polar surface area (TPSA) is 122 Å². The van der Waals surface area contributed by atoms with E-state index in [0.717, 1.165) is 16.7 Å². The lowest BCUT2D eigenvalue weighted by Gasteiger charge is -2.52. The van der Waals surface area contributed by atoms with Crippen LogP contribution in [0.2, 0.25) is 0 Å². The summed E-state index contributed by atoms with van der Waals surface area (Å²) in [6, 6.07) is 7.42. The van der Waals surface area contributed by atoms with E-state index in [4.69, 9.17) is 10.5 Å². The molecule has 3 atom stereocenters. The van der Waals surface area contributed by atoms with Crippen LogP contribution in [-0.2, 0) is 25.7 Å². The van der Waals surface area contributed by atoms with Gasteiger partial charge in [-0.05, 0) is 31.1 Å². The number of hydrogen-bond acceptors (Lipinski definition) is 7. The second-order valence-electron chi connectivity index (χ2n) is 7.61. The number of benzene rings is 1. The summed E-state index contributed by atoms with van der Waals surface area (Å²) in [4.78, 5) is 39.3. The van der Waals surface area contributed by atoms with Gasteiger partial charge in [-0.25, -0.2) is 4.79 Å². The number of nitrogens with one attached hydrogen (secondary N) is 1. The van der Waals surface area contributed by atoms with Crippen molar-refractivity contribution in [3.05, 3.63) is 58.3 Å². The Kier molecular flexibility index (Phi) is 7.19. The molecule has 1 saturated heterocycles. The highest BCUT2D eigenvalue weighted by Gasteiger charge is 2.56. The van der Waals surface area contributed by atoms with E-state index in [2.05, 4.69) is 5.32 Å². The first-order chi connectivity index (χ1) is 14.8. The highest BCUT2D eigenvalue weighted by atomic mass is 32.2. The van der Waals surface area contributed by atoms with Crippen LogP contribution >= 0.6 is 11.8 Å². The second-order valence-corrected chi connectivity index (χ2v) is 8.83. The zero-order valence-corrected chi connectivity index (χ0v) is 18.6. The zero-order chi connectivity index (χ0) is 22.7. The monoisotopic (exact) mass is 445 g/mol. The molecule has 1 fully saturated rings. The third-order valence-electron chi connectivity index (χ3n) is 5.19. The van der Waals surface area contributed by atoms with Gasteiger partial charge in [-0.3, -0.25) is 14.5 Å². The van der Waals surface area contributed by atoms with Crippen LogP contribution in [0.3, 0.4) is 0 Å². The van der Waals surface area contributed by atoms with Gasteiger partial charge in [0.25, 0.3) is 0 Å². The minimum Gasteiger partial charge on any atom is -0.457 e. The Morgan fingerprint density at radius 2 is 2.00 bits per heavy atom. The smallest absolute Gasteiger partial charge is 0.355 e. The largest absolute Gasteiger partial charge is 0.457 e. The molecule has 0 bridgehead atoms. The predicted molar refractivity (Wildman–Crippen MR) is 117 cm³/mol. The van der Waals surface area contributed by atoms with Crippen molar-refractivity contribution in [3.8, 4) is 0 Å². The molecule has 2 heterocycles. The van der Waals surface area contributed by atoms with Crippen molar-refractivity contribution in [3.63, 3.8) is 0 Å². The number of aliphatic hydroxyl groups is 1. The standard InChI is InChI=1S/C22H27N3O5S/c1-12(2)8-9-30-22(29)18-16(11-26)19(24-13(3)27)31-21-17(20(28)25(18)21)15-7-5-4-6-14(15)10-23/h4-8,17,19,21,26H,9-11,23H2,1-3H3,(H,24,27)/t17-,19?,21+/m0/s1. The molecule has 166 valence electrons. The van der Waals surface area contributed by atoms with Gasteiger partial charge in [-0.2, -0.15) is 0 Å². The first-order valence-corrected chi connectivity index (χ1v) is 10.9. The average Bonchev–Trinajstić information content (AvgIpc) is 2.72. The third kappa shape index (κ3) is 4.53. The Morgan fingerprint density at radius 3 is 2.61 bits per heavy atom. The summed E-state index contributed by atoms with van der Waals surface area (Å²) in [6.07, 6.45) is 1.75. The number of carbonyl (C=O) groups is 3. The summed E-state index contributed by atoms with van der Waals surface area (Å²) >= 11 is 1.31. The molecule has 1 aromatic rings. The number of aliphatic hydroxyl groups excluding tert-OH is 1. The number of allylic oxidation sites excluding steroid dienone is 1. The number of nitrogens with two attached hydrogens (primary N) is 1. The van der Waals surface area contributed by atoms with Gasteiger partial charge < -0.3 is 20.9 Å². The lowest BCUT2D eigenvalue weighted by molar-refractivity contribution is -0.150. The van der Waals surface area contributed by atoms with Crippen molar-refractivity contribution < 1.29 is 24.2 Å². The SMILES string of the molecule is CC(=O)NC1S[C@@H]2[C@@H](c3ccccc3CN)C(=O)N2C(C(=O)OCC=C(C)C)=C1CO. The van der Waals surface area contributed by atoms with Crippen molar-refractivity contribution in [1.82, 2.24) is 10.2 Å². The minimum absolute atomic E-state index is 0.00126. The van der Waals surface area contributed by atoms with Gasteiger partial charge in [0, 0.05) is 19.0 Å². The summed E-state index contributed by atoms with van der Waals surface area (Å²) in [7, 11) is 0. The van der Waals surface area contributed by atoms with Gasteiger partial charge in [0.2, 0.25) is 11.8 Å². The molecule has 31 heavy (non-hydrogen) atoms. The Bertz CT molecular complexity index is 954. The molecule has 4 N–H and O–H groups in total. The molecule has 2 aliphatic rings. The van der Waals surface area contributed by atoms with Crippen LogP contribution in [-0.4, -0.2) is 51.8 Å². The van der Waals surface area contributed by atoms with Gasteiger partial charge in [-0.1, -0.05) is 29.8 Å². The number of carbonyl (C=O) groups excluding carboxylic acids is 3. The first-order valence-electron chi connectivity index (χ1n) is 9.98. The predicted octanol–water partition coefficient (Wildman–Crippen LogP) is 1.36. The summed E-state index contributed by atoms with van der Waals surface area (Å²) in [6.45, 7) is 4.96.